The molecule has 0 radical (unpaired) electrons. The molecule has 15 heavy (non-hydrogen) atoms. The van der Waals surface area contributed by atoms with E-state index in [1.54, 1.807) is 4.68 Å². The third-order valence-electron chi connectivity index (χ3n) is 2.75. The van der Waals surface area contributed by atoms with E-state index >= 15 is 0 Å². The smallest absolute Gasteiger partial charge is 0.139 e. The van der Waals surface area contributed by atoms with Crippen LogP contribution in [0.1, 0.15) is 38.1 Å². The van der Waals surface area contributed by atoms with E-state index in [0.717, 1.165) is 17.8 Å². The number of hydrogen-bond donors (Lipinski definition) is 0. The van der Waals surface area contributed by atoms with Gasteiger partial charge in [0.2, 0.25) is 0 Å². The average molecular weight is 208 g/mol. The first-order valence-electron chi connectivity index (χ1n) is 5.54. The molecular weight excluding hydrogens is 188 g/mol. The Balaban J connectivity index is 2.55. The van der Waals surface area contributed by atoms with Gasteiger partial charge in [0.15, 0.2) is 0 Å². The Morgan fingerprint density at radius 1 is 1.60 bits per heavy atom. The van der Waals surface area contributed by atoms with E-state index in [-0.39, 0.29) is 0 Å². The minimum atomic E-state index is 0.312. The fourth-order valence-electron chi connectivity index (χ4n) is 1.64. The standard InChI is InChI=1S/C12H20N2O/c1-5-9(2)6-12(15)8-11-7-10(3)13-14(11)4/h7,9H,5-6,8H2,1-4H3. The van der Waals surface area contributed by atoms with Crippen molar-refractivity contribution >= 4 is 5.78 Å². The van der Waals surface area contributed by atoms with E-state index in [2.05, 4.69) is 18.9 Å². The Morgan fingerprint density at radius 3 is 2.73 bits per heavy atom. The van der Waals surface area contributed by atoms with Gasteiger partial charge in [-0.15, -0.1) is 0 Å². The van der Waals surface area contributed by atoms with Crippen LogP contribution in [0.5, 0.6) is 0 Å². The van der Waals surface area contributed by atoms with Crippen molar-refractivity contribution in [2.45, 2.75) is 40.0 Å². The average Bonchev–Trinajstić information content (AvgIpc) is 2.44. The zero-order chi connectivity index (χ0) is 11.4. The number of Topliss-reactive ketones (excluding diaryl/α,β-unsaturated/α-hetero) is 1. The van der Waals surface area contributed by atoms with Gasteiger partial charge in [0.25, 0.3) is 0 Å². The van der Waals surface area contributed by atoms with Crippen LogP contribution in [-0.2, 0) is 18.3 Å². The largest absolute Gasteiger partial charge is 0.299 e. The summed E-state index contributed by atoms with van der Waals surface area (Å²) in [5.74, 6) is 0.805. The first-order valence-corrected chi connectivity index (χ1v) is 5.54. The van der Waals surface area contributed by atoms with Gasteiger partial charge in [0.1, 0.15) is 5.78 Å². The molecule has 1 aromatic heterocycles. The highest BCUT2D eigenvalue weighted by Gasteiger charge is 2.11. The van der Waals surface area contributed by atoms with Crippen LogP contribution >= 0.6 is 0 Å². The predicted molar refractivity (Wildman–Crippen MR) is 60.7 cm³/mol. The van der Waals surface area contributed by atoms with Gasteiger partial charge in [-0.05, 0) is 18.9 Å². The highest BCUT2D eigenvalue weighted by atomic mass is 16.1. The Labute approximate surface area is 91.5 Å². The Kier molecular flexibility index (Phi) is 4.06. The van der Waals surface area contributed by atoms with Crippen LogP contribution in [0.2, 0.25) is 0 Å². The van der Waals surface area contributed by atoms with Crippen molar-refractivity contribution < 1.29 is 4.79 Å². The second-order valence-corrected chi connectivity index (χ2v) is 4.33. The molecule has 1 aromatic rings. The molecule has 0 aliphatic heterocycles. The first-order chi connectivity index (χ1) is 7.02. The molecule has 3 heteroatoms. The Bertz CT molecular complexity index is 341. The van der Waals surface area contributed by atoms with E-state index < -0.39 is 0 Å². The summed E-state index contributed by atoms with van der Waals surface area (Å²) >= 11 is 0. The quantitative estimate of drug-likeness (QED) is 0.744. The lowest BCUT2D eigenvalue weighted by Gasteiger charge is -2.06. The van der Waals surface area contributed by atoms with E-state index in [1.165, 1.54) is 0 Å². The van der Waals surface area contributed by atoms with Gasteiger partial charge < -0.3 is 0 Å². The molecule has 0 N–H and O–H groups in total. The van der Waals surface area contributed by atoms with Crippen LogP contribution in [0.15, 0.2) is 6.07 Å². The van der Waals surface area contributed by atoms with Gasteiger partial charge in [0, 0.05) is 25.6 Å². The molecule has 1 heterocycles. The maximum absolute atomic E-state index is 11.7. The summed E-state index contributed by atoms with van der Waals surface area (Å²) in [5.41, 5.74) is 1.99. The van der Waals surface area contributed by atoms with Crippen LogP contribution in [0.3, 0.4) is 0 Å². The maximum atomic E-state index is 11.7. The number of nitrogens with zero attached hydrogens (tertiary/aromatic N) is 2. The number of aromatic nitrogens is 2. The lowest BCUT2D eigenvalue weighted by atomic mass is 10.00. The van der Waals surface area contributed by atoms with Gasteiger partial charge in [-0.3, -0.25) is 9.48 Å². The summed E-state index contributed by atoms with van der Waals surface area (Å²) in [7, 11) is 1.89. The van der Waals surface area contributed by atoms with Gasteiger partial charge in [0.05, 0.1) is 5.69 Å². The van der Waals surface area contributed by atoms with Gasteiger partial charge in [-0.25, -0.2) is 0 Å². The number of carbonyl (C=O) groups excluding carboxylic acids is 1. The molecular formula is C12H20N2O. The first kappa shape index (κ1) is 12.0. The number of aryl methyl sites for hydroxylation is 2. The normalized spacial score (nSPS) is 12.8. The molecule has 3 nitrogen and oxygen atoms in total. The molecule has 1 atom stereocenters. The molecule has 0 aromatic carbocycles. The summed E-state index contributed by atoms with van der Waals surface area (Å²) < 4.78 is 1.80. The molecule has 0 bridgehead atoms. The van der Waals surface area contributed by atoms with Crippen molar-refractivity contribution in [1.29, 1.82) is 0 Å². The minimum absolute atomic E-state index is 0.312. The second-order valence-electron chi connectivity index (χ2n) is 4.33. The summed E-state index contributed by atoms with van der Waals surface area (Å²) in [5, 5.41) is 4.23. The Morgan fingerprint density at radius 2 is 2.27 bits per heavy atom. The van der Waals surface area contributed by atoms with E-state index in [4.69, 9.17) is 0 Å². The zero-order valence-corrected chi connectivity index (χ0v) is 10.1. The fourth-order valence-corrected chi connectivity index (χ4v) is 1.64. The number of carbonyl (C=O) groups is 1. The summed E-state index contributed by atoms with van der Waals surface area (Å²) in [6.07, 6.45) is 2.26. The molecule has 1 rings (SSSR count). The Hall–Kier alpha value is -1.12. The highest BCUT2D eigenvalue weighted by Crippen LogP contribution is 2.10. The minimum Gasteiger partial charge on any atom is -0.299 e. The maximum Gasteiger partial charge on any atom is 0.139 e. The molecule has 84 valence electrons. The van der Waals surface area contributed by atoms with E-state index in [9.17, 15) is 4.79 Å². The molecule has 0 aliphatic rings. The number of rotatable bonds is 5. The number of hydrogen-bond acceptors (Lipinski definition) is 2. The molecule has 0 aliphatic carbocycles. The molecule has 1 unspecified atom stereocenters. The lowest BCUT2D eigenvalue weighted by molar-refractivity contribution is -0.119. The highest BCUT2D eigenvalue weighted by molar-refractivity contribution is 5.80. The van der Waals surface area contributed by atoms with Gasteiger partial charge in [-0.2, -0.15) is 5.10 Å². The topological polar surface area (TPSA) is 34.9 Å². The van der Waals surface area contributed by atoms with Crippen molar-refractivity contribution in [3.8, 4) is 0 Å². The molecule has 0 saturated carbocycles. The fraction of sp³-hybridized carbons (Fsp3) is 0.667. The lowest BCUT2D eigenvalue weighted by Crippen LogP contribution is -2.10. The van der Waals surface area contributed by atoms with Crippen LogP contribution in [0.25, 0.3) is 0 Å². The van der Waals surface area contributed by atoms with Gasteiger partial charge >= 0.3 is 0 Å². The third-order valence-corrected chi connectivity index (χ3v) is 2.75. The monoisotopic (exact) mass is 208 g/mol. The summed E-state index contributed by atoms with van der Waals surface area (Å²) in [6, 6.07) is 1.98. The van der Waals surface area contributed by atoms with Crippen molar-refractivity contribution in [2.24, 2.45) is 13.0 Å². The van der Waals surface area contributed by atoms with E-state index in [0.29, 0.717) is 24.5 Å². The van der Waals surface area contributed by atoms with Crippen molar-refractivity contribution in [1.82, 2.24) is 9.78 Å². The van der Waals surface area contributed by atoms with Crippen LogP contribution in [0, 0.1) is 12.8 Å². The van der Waals surface area contributed by atoms with Crippen molar-refractivity contribution in [3.63, 3.8) is 0 Å². The summed E-state index contributed by atoms with van der Waals surface area (Å²) in [4.78, 5) is 11.7. The van der Waals surface area contributed by atoms with Crippen molar-refractivity contribution in [3.05, 3.63) is 17.5 Å². The van der Waals surface area contributed by atoms with Crippen LogP contribution in [0.4, 0.5) is 0 Å². The molecule has 0 saturated heterocycles. The van der Waals surface area contributed by atoms with Crippen LogP contribution in [-0.4, -0.2) is 15.6 Å². The van der Waals surface area contributed by atoms with Crippen molar-refractivity contribution in [2.75, 3.05) is 0 Å². The molecule has 0 spiro atoms. The second kappa shape index (κ2) is 5.10. The molecule has 0 fully saturated rings. The van der Waals surface area contributed by atoms with E-state index in [1.807, 2.05) is 20.0 Å². The molecule has 0 amide bonds. The third kappa shape index (κ3) is 3.50. The SMILES string of the molecule is CCC(C)CC(=O)Cc1cc(C)nn1C. The van der Waals surface area contributed by atoms with Crippen LogP contribution < -0.4 is 0 Å². The van der Waals surface area contributed by atoms with Gasteiger partial charge in [-0.1, -0.05) is 20.3 Å². The number of ketones is 1. The predicted octanol–water partition coefficient (Wildman–Crippen LogP) is 2.28. The summed E-state index contributed by atoms with van der Waals surface area (Å²) in [6.45, 7) is 6.18. The zero-order valence-electron chi connectivity index (χ0n) is 10.1.